The molecule has 36 heteroatoms. The average Bonchev–Trinajstić information content (AvgIpc) is 0.816. The first-order valence-corrected chi connectivity index (χ1v) is 41.2. The van der Waals surface area contributed by atoms with E-state index in [0.29, 0.717) is 135 Å². The van der Waals surface area contributed by atoms with Gasteiger partial charge in [0.15, 0.2) is 25.5 Å². The van der Waals surface area contributed by atoms with Gasteiger partial charge in [0.25, 0.3) is 5.91 Å². The fraction of sp³-hybridized carbons (Fsp3) is 0.753. The van der Waals surface area contributed by atoms with Crippen LogP contribution < -0.4 is 47.3 Å². The zero-order valence-electron chi connectivity index (χ0n) is 69.1. The van der Waals surface area contributed by atoms with Gasteiger partial charge in [-0.3, -0.25) is 38.4 Å². The molecule has 666 valence electrons. The van der Waals surface area contributed by atoms with Gasteiger partial charge in [0, 0.05) is 92.5 Å². The summed E-state index contributed by atoms with van der Waals surface area (Å²) in [6.45, 7) is 10.8. The lowest BCUT2D eigenvalue weighted by Gasteiger charge is -2.42. The summed E-state index contributed by atoms with van der Waals surface area (Å²) < 4.78 is 58.7. The number of carbonyl (C=O) groups is 8. The highest BCUT2D eigenvalue weighted by atomic mass is 16.7. The van der Waals surface area contributed by atoms with E-state index < -0.39 is 141 Å². The lowest BCUT2D eigenvalue weighted by Crippen LogP contribution is -2.64. The second-order valence-electron chi connectivity index (χ2n) is 30.6. The van der Waals surface area contributed by atoms with Crippen LogP contribution in [0.2, 0.25) is 0 Å². The molecule has 0 bridgehead atoms. The van der Waals surface area contributed by atoms with Crippen LogP contribution >= 0.6 is 0 Å². The first-order valence-electron chi connectivity index (χ1n) is 41.2. The number of rotatable bonds is 58. The third-order valence-corrected chi connectivity index (χ3v) is 20.3. The van der Waals surface area contributed by atoms with E-state index >= 15 is 0 Å². The van der Waals surface area contributed by atoms with Crippen molar-refractivity contribution in [1.82, 2.24) is 42.5 Å². The molecule has 0 spiro atoms. The molecule has 15 atom stereocenters. The number of unbranched alkanes of at least 4 members (excludes halogenated alkanes) is 11. The van der Waals surface area contributed by atoms with Crippen molar-refractivity contribution >= 4 is 47.3 Å². The highest BCUT2D eigenvalue weighted by molar-refractivity contribution is 5.79. The molecule has 18 N–H and O–H groups in total. The van der Waals surface area contributed by atoms with Crippen LogP contribution in [0.5, 0.6) is 11.5 Å². The van der Waals surface area contributed by atoms with E-state index in [1.54, 1.807) is 6.07 Å². The van der Waals surface area contributed by atoms with Crippen molar-refractivity contribution in [2.45, 2.75) is 280 Å². The van der Waals surface area contributed by atoms with Crippen molar-refractivity contribution in [3.63, 3.8) is 0 Å². The Labute approximate surface area is 685 Å². The number of hydrogen-bond acceptors (Lipinski definition) is 28. The van der Waals surface area contributed by atoms with Gasteiger partial charge in [-0.15, -0.1) is 0 Å². The van der Waals surface area contributed by atoms with Gasteiger partial charge in [-0.2, -0.15) is 0 Å². The Balaban J connectivity index is 1.15. The molecular weight excluding hydrogens is 1530 g/mol. The van der Waals surface area contributed by atoms with E-state index in [9.17, 15) is 89.4 Å². The lowest BCUT2D eigenvalue weighted by atomic mass is 9.93. The SMILES string of the molecule is CC(=O)N[C@H]1[C@H](OCCCCCCNC(=O)CCOCC(COCCC(=O)NCCCCCCO[C@@H]2O[C@H](CO)[C@H](O)[C@H](O)[C@H]2NC(C)=O)(COCCC(=O)NCCCCCCO[C@@H]2O[C@H](CO)[C@H](O)[C@H](O)[C@H]2NC(C)=O)NC(=O)CCCCCNC(=O)COc2cc(C)c(Cc3ccc(O)c(C(C)C)c3)c(C)c2)O[C@H](CO)[C@H](O)[C@@H]1O. The number of benzene rings is 2. The standard InChI is InChI=1S/C81H134N8O28/c1-50(2)58-41-56(24-25-60(58)96)42-59-51(3)39-57(40-52(59)4)114-46-68(101)85-32-19-14-15-23-67(100)89-81(47-108-36-26-64(97)82-29-16-8-11-20-33-111-78-69(86-53(5)93)75(105)72(102)61(43-90)115-78,48-109-37-27-65(98)83-30-17-9-12-21-34-112-79-70(87-54(6)94)76(106)73(103)62(44-91)116-79)49-110-38-28-66(99)84-31-18-10-13-22-35-113-80-71(88-55(7)95)77(107)74(104)63(45-92)117-80/h24-25,39-41,50,61-63,69-80,90-92,96,102-107H,8-23,26-38,42-49H2,1-7H3,(H,82,97)(H,83,98)(H,84,99)(H,85,101)(H,86,93)(H,87,94)(H,88,95)(H,89,100)/t61-,62-,63-,69-,70-,71-,72+,73+,74+,75-,76-,77-,78-,79-,80-/m1/s1. The summed E-state index contributed by atoms with van der Waals surface area (Å²) in [5.74, 6) is -2.08. The van der Waals surface area contributed by atoms with Crippen molar-refractivity contribution in [1.29, 1.82) is 0 Å². The van der Waals surface area contributed by atoms with Gasteiger partial charge in [0.05, 0.1) is 59.5 Å². The summed E-state index contributed by atoms with van der Waals surface area (Å²) in [5, 5.41) is 124. The van der Waals surface area contributed by atoms with Crippen molar-refractivity contribution < 1.29 is 137 Å². The molecule has 117 heavy (non-hydrogen) atoms. The van der Waals surface area contributed by atoms with Crippen molar-refractivity contribution in [2.24, 2.45) is 0 Å². The van der Waals surface area contributed by atoms with E-state index in [2.05, 4.69) is 42.5 Å². The number of phenolic OH excluding ortho intramolecular Hbond substituents is 1. The molecule has 3 aliphatic heterocycles. The molecule has 0 unspecified atom stereocenters. The number of aliphatic hydroxyl groups excluding tert-OH is 9. The van der Waals surface area contributed by atoms with Crippen LogP contribution in [0.1, 0.15) is 190 Å². The monoisotopic (exact) mass is 1670 g/mol. The van der Waals surface area contributed by atoms with Crippen LogP contribution in [0.25, 0.3) is 0 Å². The van der Waals surface area contributed by atoms with Crippen molar-refractivity contribution in [3.8, 4) is 11.5 Å². The largest absolute Gasteiger partial charge is 0.508 e. The smallest absolute Gasteiger partial charge is 0.257 e. The molecule has 0 radical (unpaired) electrons. The van der Waals surface area contributed by atoms with Crippen LogP contribution in [-0.4, -0.2) is 308 Å². The molecular formula is C81H134N8O28. The van der Waals surface area contributed by atoms with Crippen molar-refractivity contribution in [2.75, 3.05) is 112 Å². The van der Waals surface area contributed by atoms with Crippen molar-refractivity contribution in [3.05, 3.63) is 58.1 Å². The minimum absolute atomic E-state index is 0.0377. The van der Waals surface area contributed by atoms with Gasteiger partial charge >= 0.3 is 0 Å². The summed E-state index contributed by atoms with van der Waals surface area (Å²) in [6.07, 6.45) is -5.67. The van der Waals surface area contributed by atoms with E-state index in [1.165, 1.54) is 20.8 Å². The number of hydrogen-bond donors (Lipinski definition) is 18. The molecule has 3 heterocycles. The second-order valence-corrected chi connectivity index (χ2v) is 30.6. The van der Waals surface area contributed by atoms with Crippen LogP contribution in [0, 0.1) is 13.8 Å². The molecule has 0 saturated carbocycles. The minimum Gasteiger partial charge on any atom is -0.508 e. The number of aliphatic hydroxyl groups is 9. The number of aryl methyl sites for hydroxylation is 2. The summed E-state index contributed by atoms with van der Waals surface area (Å²) >= 11 is 0. The molecule has 2 aromatic rings. The third-order valence-electron chi connectivity index (χ3n) is 20.3. The molecule has 5 rings (SSSR count). The first-order chi connectivity index (χ1) is 56.0. The molecule has 0 aromatic heterocycles. The molecule has 0 aliphatic carbocycles. The van der Waals surface area contributed by atoms with E-state index in [0.717, 1.165) is 27.8 Å². The Bertz CT molecular complexity index is 3060. The number of aromatic hydroxyl groups is 1. The summed E-state index contributed by atoms with van der Waals surface area (Å²) in [6, 6.07) is 6.28. The van der Waals surface area contributed by atoms with Gasteiger partial charge in [-0.05, 0) is 124 Å². The molecule has 3 saturated heterocycles. The topological polar surface area (TPSA) is 527 Å². The maximum atomic E-state index is 14.1. The van der Waals surface area contributed by atoms with Crippen LogP contribution in [0.4, 0.5) is 0 Å². The molecule has 36 nitrogen and oxygen atoms in total. The Morgan fingerprint density at radius 3 is 1.14 bits per heavy atom. The third kappa shape index (κ3) is 36.9. The van der Waals surface area contributed by atoms with E-state index in [4.69, 9.17) is 47.4 Å². The van der Waals surface area contributed by atoms with E-state index in [1.807, 2.05) is 52.0 Å². The normalized spacial score (nSPS) is 23.3. The van der Waals surface area contributed by atoms with Gasteiger partial charge in [0.2, 0.25) is 41.4 Å². The fourth-order valence-electron chi connectivity index (χ4n) is 13.7. The summed E-state index contributed by atoms with van der Waals surface area (Å²) in [4.78, 5) is 102. The second kappa shape index (κ2) is 55.1. The highest BCUT2D eigenvalue weighted by Gasteiger charge is 2.48. The Kier molecular flexibility index (Phi) is 47.4. The summed E-state index contributed by atoms with van der Waals surface area (Å²) in [7, 11) is 0. The van der Waals surface area contributed by atoms with Gasteiger partial charge in [0.1, 0.15) is 90.1 Å². The fourth-order valence-corrected chi connectivity index (χ4v) is 13.7. The minimum atomic E-state index is -1.44. The predicted octanol–water partition coefficient (Wildman–Crippen LogP) is -0.236. The molecule has 8 amide bonds. The van der Waals surface area contributed by atoms with Gasteiger partial charge < -0.3 is 141 Å². The zero-order chi connectivity index (χ0) is 85.8. The maximum Gasteiger partial charge on any atom is 0.257 e. The maximum absolute atomic E-state index is 14.1. The zero-order valence-corrected chi connectivity index (χ0v) is 69.1. The molecule has 3 aliphatic rings. The number of ether oxygens (including phenoxy) is 10. The number of carbonyl (C=O) groups excluding carboxylic acids is 8. The number of nitrogens with one attached hydrogen (secondary N) is 8. The van der Waals surface area contributed by atoms with Crippen LogP contribution in [0.15, 0.2) is 30.3 Å². The summed E-state index contributed by atoms with van der Waals surface area (Å²) in [5.41, 5.74) is 3.66. The Morgan fingerprint density at radius 1 is 0.436 bits per heavy atom. The number of phenols is 1. The van der Waals surface area contributed by atoms with Crippen LogP contribution in [0.3, 0.4) is 0 Å². The van der Waals surface area contributed by atoms with E-state index in [-0.39, 0.29) is 127 Å². The first kappa shape index (κ1) is 101. The number of amides is 8. The highest BCUT2D eigenvalue weighted by Crippen LogP contribution is 2.31. The van der Waals surface area contributed by atoms with Gasteiger partial charge in [-0.1, -0.05) is 70.9 Å². The molecule has 3 fully saturated rings. The predicted molar refractivity (Wildman–Crippen MR) is 423 cm³/mol. The Hall–Kier alpha value is -6.92. The van der Waals surface area contributed by atoms with Crippen LogP contribution in [-0.2, 0) is 87.4 Å². The van der Waals surface area contributed by atoms with Gasteiger partial charge in [-0.25, -0.2) is 0 Å². The Morgan fingerprint density at radius 2 is 0.786 bits per heavy atom. The molecule has 2 aromatic carbocycles. The lowest BCUT2D eigenvalue weighted by molar-refractivity contribution is -0.270. The average molecular weight is 1670 g/mol. The quantitative estimate of drug-likeness (QED) is 0.0380.